The molecule has 4 nitrogen and oxygen atoms in total. The van der Waals surface area contributed by atoms with Crippen molar-refractivity contribution in [3.63, 3.8) is 0 Å². The molecule has 2 atom stereocenters. The summed E-state index contributed by atoms with van der Waals surface area (Å²) in [6, 6.07) is 8.16. The Morgan fingerprint density at radius 2 is 2.05 bits per heavy atom. The van der Waals surface area contributed by atoms with Crippen LogP contribution in [0.1, 0.15) is 20.3 Å². The van der Waals surface area contributed by atoms with Gasteiger partial charge in [-0.15, -0.1) is 0 Å². The van der Waals surface area contributed by atoms with E-state index in [-0.39, 0.29) is 11.8 Å². The SMILES string of the molecule is CNC(C)CC(C)C(=O)Nc1ccc2ccncc2c1. The van der Waals surface area contributed by atoms with E-state index < -0.39 is 0 Å². The summed E-state index contributed by atoms with van der Waals surface area (Å²) in [5, 5.41) is 8.27. The first-order chi connectivity index (χ1) is 9.60. The second-order valence-electron chi connectivity index (χ2n) is 5.25. The van der Waals surface area contributed by atoms with Crippen LogP contribution >= 0.6 is 0 Å². The van der Waals surface area contributed by atoms with Crippen molar-refractivity contribution in [2.45, 2.75) is 26.3 Å². The first-order valence-corrected chi connectivity index (χ1v) is 6.92. The molecule has 4 heteroatoms. The Morgan fingerprint density at radius 3 is 2.80 bits per heavy atom. The summed E-state index contributed by atoms with van der Waals surface area (Å²) >= 11 is 0. The Balaban J connectivity index is 2.05. The Hall–Kier alpha value is -1.94. The summed E-state index contributed by atoms with van der Waals surface area (Å²) in [7, 11) is 1.91. The third-order valence-electron chi connectivity index (χ3n) is 3.56. The number of amides is 1. The highest BCUT2D eigenvalue weighted by atomic mass is 16.1. The molecule has 0 bridgehead atoms. The van der Waals surface area contributed by atoms with Gasteiger partial charge in [0.15, 0.2) is 0 Å². The maximum atomic E-state index is 12.1. The van der Waals surface area contributed by atoms with Gasteiger partial charge in [0.25, 0.3) is 0 Å². The average molecular weight is 271 g/mol. The number of benzene rings is 1. The molecule has 1 heterocycles. The van der Waals surface area contributed by atoms with Gasteiger partial charge in [0.05, 0.1) is 0 Å². The van der Waals surface area contributed by atoms with Crippen LogP contribution in [0.3, 0.4) is 0 Å². The van der Waals surface area contributed by atoms with Crippen LogP contribution in [0, 0.1) is 5.92 Å². The molecule has 0 saturated heterocycles. The van der Waals surface area contributed by atoms with Crippen molar-refractivity contribution in [1.82, 2.24) is 10.3 Å². The minimum absolute atomic E-state index is 0.0259. The van der Waals surface area contributed by atoms with Crippen LogP contribution in [0.25, 0.3) is 10.8 Å². The van der Waals surface area contributed by atoms with E-state index in [1.54, 1.807) is 12.4 Å². The standard InChI is InChI=1S/C16H21N3O/c1-11(8-12(2)17-3)16(20)19-15-5-4-13-6-7-18-10-14(13)9-15/h4-7,9-12,17H,8H2,1-3H3,(H,19,20). The van der Waals surface area contributed by atoms with E-state index in [0.717, 1.165) is 22.9 Å². The summed E-state index contributed by atoms with van der Waals surface area (Å²) in [6.07, 6.45) is 4.39. The van der Waals surface area contributed by atoms with Crippen molar-refractivity contribution < 1.29 is 4.79 Å². The fourth-order valence-corrected chi connectivity index (χ4v) is 2.18. The molecule has 106 valence electrons. The van der Waals surface area contributed by atoms with Crippen LogP contribution in [0.15, 0.2) is 36.7 Å². The van der Waals surface area contributed by atoms with Crippen molar-refractivity contribution >= 4 is 22.4 Å². The number of hydrogen-bond donors (Lipinski definition) is 2. The summed E-state index contributed by atoms with van der Waals surface area (Å²) in [5.41, 5.74) is 0.819. The average Bonchev–Trinajstić information content (AvgIpc) is 2.46. The highest BCUT2D eigenvalue weighted by Gasteiger charge is 2.15. The number of nitrogens with zero attached hydrogens (tertiary/aromatic N) is 1. The van der Waals surface area contributed by atoms with E-state index in [1.165, 1.54) is 0 Å². The molecule has 20 heavy (non-hydrogen) atoms. The molecule has 2 rings (SSSR count). The number of anilines is 1. The molecular weight excluding hydrogens is 250 g/mol. The molecule has 0 fully saturated rings. The van der Waals surface area contributed by atoms with E-state index in [1.807, 2.05) is 38.2 Å². The molecule has 0 aliphatic carbocycles. The molecule has 0 saturated carbocycles. The fraction of sp³-hybridized carbons (Fsp3) is 0.375. The van der Waals surface area contributed by atoms with Crippen LogP contribution < -0.4 is 10.6 Å². The number of carbonyl (C=O) groups excluding carboxylic acids is 1. The zero-order valence-electron chi connectivity index (χ0n) is 12.2. The van der Waals surface area contributed by atoms with Gasteiger partial charge >= 0.3 is 0 Å². The number of rotatable bonds is 5. The largest absolute Gasteiger partial charge is 0.326 e. The van der Waals surface area contributed by atoms with Gasteiger partial charge in [0.1, 0.15) is 0 Å². The van der Waals surface area contributed by atoms with Gasteiger partial charge in [0.2, 0.25) is 5.91 Å². The zero-order chi connectivity index (χ0) is 14.5. The molecular formula is C16H21N3O. The number of carbonyl (C=O) groups is 1. The summed E-state index contributed by atoms with van der Waals surface area (Å²) in [4.78, 5) is 16.2. The molecule has 0 aliphatic rings. The minimum Gasteiger partial charge on any atom is -0.326 e. The number of nitrogens with one attached hydrogen (secondary N) is 2. The lowest BCUT2D eigenvalue weighted by Crippen LogP contribution is -2.29. The normalized spacial score (nSPS) is 13.9. The first kappa shape index (κ1) is 14.5. The van der Waals surface area contributed by atoms with Crippen LogP contribution in [-0.2, 0) is 4.79 Å². The lowest BCUT2D eigenvalue weighted by Gasteiger charge is -2.16. The van der Waals surface area contributed by atoms with Gasteiger partial charge in [-0.2, -0.15) is 0 Å². The smallest absolute Gasteiger partial charge is 0.227 e. The molecule has 1 amide bonds. The predicted octanol–water partition coefficient (Wildman–Crippen LogP) is 2.81. The number of pyridine rings is 1. The quantitative estimate of drug-likeness (QED) is 0.879. The number of aromatic nitrogens is 1. The molecule has 2 aromatic rings. The Kier molecular flexibility index (Phi) is 4.69. The van der Waals surface area contributed by atoms with Crippen LogP contribution in [0.2, 0.25) is 0 Å². The second-order valence-corrected chi connectivity index (χ2v) is 5.25. The van der Waals surface area contributed by atoms with Crippen LogP contribution in [-0.4, -0.2) is 24.0 Å². The van der Waals surface area contributed by atoms with Gasteiger partial charge in [-0.05, 0) is 44.0 Å². The molecule has 2 N–H and O–H groups in total. The number of fused-ring (bicyclic) bond motifs is 1. The van der Waals surface area contributed by atoms with E-state index in [4.69, 9.17) is 0 Å². The first-order valence-electron chi connectivity index (χ1n) is 6.92. The monoisotopic (exact) mass is 271 g/mol. The van der Waals surface area contributed by atoms with Gasteiger partial charge in [-0.1, -0.05) is 13.0 Å². The Bertz CT molecular complexity index is 597. The molecule has 0 aliphatic heterocycles. The maximum absolute atomic E-state index is 12.1. The van der Waals surface area contributed by atoms with E-state index in [2.05, 4.69) is 22.5 Å². The summed E-state index contributed by atoms with van der Waals surface area (Å²) in [6.45, 7) is 4.03. The highest BCUT2D eigenvalue weighted by molar-refractivity contribution is 5.95. The Morgan fingerprint density at radius 1 is 1.25 bits per heavy atom. The summed E-state index contributed by atoms with van der Waals surface area (Å²) < 4.78 is 0. The molecule has 0 radical (unpaired) electrons. The van der Waals surface area contributed by atoms with E-state index in [9.17, 15) is 4.79 Å². The van der Waals surface area contributed by atoms with Crippen molar-refractivity contribution in [2.75, 3.05) is 12.4 Å². The highest BCUT2D eigenvalue weighted by Crippen LogP contribution is 2.19. The van der Waals surface area contributed by atoms with Crippen molar-refractivity contribution in [1.29, 1.82) is 0 Å². The van der Waals surface area contributed by atoms with E-state index >= 15 is 0 Å². The van der Waals surface area contributed by atoms with Crippen LogP contribution in [0.4, 0.5) is 5.69 Å². The molecule has 1 aromatic heterocycles. The van der Waals surface area contributed by atoms with E-state index in [0.29, 0.717) is 6.04 Å². The molecule has 1 aromatic carbocycles. The molecule has 0 spiro atoms. The zero-order valence-corrected chi connectivity index (χ0v) is 12.2. The van der Waals surface area contributed by atoms with Gasteiger partial charge in [0, 0.05) is 35.4 Å². The third-order valence-corrected chi connectivity index (χ3v) is 3.56. The van der Waals surface area contributed by atoms with Crippen molar-refractivity contribution in [2.24, 2.45) is 5.92 Å². The summed E-state index contributed by atoms with van der Waals surface area (Å²) in [5.74, 6) is 0.0254. The van der Waals surface area contributed by atoms with Crippen molar-refractivity contribution in [3.8, 4) is 0 Å². The third kappa shape index (κ3) is 3.54. The maximum Gasteiger partial charge on any atom is 0.227 e. The predicted molar refractivity (Wildman–Crippen MR) is 82.7 cm³/mol. The Labute approximate surface area is 119 Å². The van der Waals surface area contributed by atoms with Crippen LogP contribution in [0.5, 0.6) is 0 Å². The minimum atomic E-state index is -0.0259. The molecule has 2 unspecified atom stereocenters. The number of hydrogen-bond acceptors (Lipinski definition) is 3. The van der Waals surface area contributed by atoms with Gasteiger partial charge in [-0.3, -0.25) is 9.78 Å². The lowest BCUT2D eigenvalue weighted by molar-refractivity contribution is -0.119. The topological polar surface area (TPSA) is 54.0 Å². The second kappa shape index (κ2) is 6.48. The van der Waals surface area contributed by atoms with Gasteiger partial charge in [-0.25, -0.2) is 0 Å². The van der Waals surface area contributed by atoms with Gasteiger partial charge < -0.3 is 10.6 Å². The lowest BCUT2D eigenvalue weighted by atomic mass is 10.0. The van der Waals surface area contributed by atoms with Crippen molar-refractivity contribution in [3.05, 3.63) is 36.7 Å². The fourth-order valence-electron chi connectivity index (χ4n) is 2.18.